The summed E-state index contributed by atoms with van der Waals surface area (Å²) in [6, 6.07) is 0. The smallest absolute Gasteiger partial charge is 0.0748 e. The van der Waals surface area contributed by atoms with Gasteiger partial charge < -0.3 is 5.21 Å². The summed E-state index contributed by atoms with van der Waals surface area (Å²) in [7, 11) is 0. The van der Waals surface area contributed by atoms with E-state index in [1.165, 1.54) is 0 Å². The summed E-state index contributed by atoms with van der Waals surface area (Å²) in [6.45, 7) is 2.02. The second kappa shape index (κ2) is 3.01. The van der Waals surface area contributed by atoms with Crippen molar-refractivity contribution < 1.29 is 5.21 Å². The van der Waals surface area contributed by atoms with Crippen LogP contribution in [0.5, 0.6) is 0 Å². The molecule has 1 heterocycles. The molecule has 0 aromatic rings. The number of hydrogen-bond acceptors (Lipinski definition) is 3. The van der Waals surface area contributed by atoms with E-state index in [2.05, 4.69) is 5.16 Å². The molecule has 2 nitrogen and oxygen atoms in total. The van der Waals surface area contributed by atoms with E-state index in [0.717, 1.165) is 17.2 Å². The maximum Gasteiger partial charge on any atom is 0.0748 e. The highest BCUT2D eigenvalue weighted by molar-refractivity contribution is 8.00. The Kier molecular flexibility index (Phi) is 2.47. The van der Waals surface area contributed by atoms with Crippen molar-refractivity contribution in [2.45, 2.75) is 6.92 Å². The Morgan fingerprint density at radius 1 is 1.90 bits per heavy atom. The van der Waals surface area contributed by atoms with Crippen LogP contribution in [0, 0.1) is 5.41 Å². The fraction of sp³-hybridized carbons (Fsp3) is 0.833. The molecule has 4 heteroatoms. The zero-order valence-electron chi connectivity index (χ0n) is 5.80. The Morgan fingerprint density at radius 2 is 2.60 bits per heavy atom. The van der Waals surface area contributed by atoms with E-state index in [1.54, 1.807) is 11.8 Å². The fourth-order valence-electron chi connectivity index (χ4n) is 0.896. The van der Waals surface area contributed by atoms with Crippen molar-refractivity contribution in [1.82, 2.24) is 0 Å². The summed E-state index contributed by atoms with van der Waals surface area (Å²) in [5.74, 6) is 2.33. The maximum absolute atomic E-state index is 8.55. The molecule has 0 aromatic carbocycles. The first kappa shape index (κ1) is 8.21. The molecular weight excluding hydrogens is 170 g/mol. The van der Waals surface area contributed by atoms with E-state index in [-0.39, 0.29) is 5.41 Å². The minimum absolute atomic E-state index is 0.0685. The topological polar surface area (TPSA) is 32.6 Å². The van der Waals surface area contributed by atoms with Gasteiger partial charge in [-0.05, 0) is 0 Å². The van der Waals surface area contributed by atoms with Gasteiger partial charge in [0.25, 0.3) is 0 Å². The second-order valence-corrected chi connectivity index (χ2v) is 3.99. The van der Waals surface area contributed by atoms with Crippen LogP contribution in [0.4, 0.5) is 0 Å². The first-order valence-electron chi connectivity index (χ1n) is 3.08. The Labute approximate surface area is 69.6 Å². The molecule has 1 unspecified atom stereocenters. The molecular formula is C6H10ClNOS. The molecule has 0 aliphatic carbocycles. The van der Waals surface area contributed by atoms with Gasteiger partial charge in [-0.2, -0.15) is 11.8 Å². The molecule has 0 saturated carbocycles. The molecule has 1 aliphatic heterocycles. The highest BCUT2D eigenvalue weighted by atomic mass is 35.5. The molecule has 1 N–H and O–H groups in total. The predicted octanol–water partition coefficient (Wildman–Crippen LogP) is 1.81. The average Bonchev–Trinajstić information content (AvgIpc) is 2.32. The zero-order chi connectivity index (χ0) is 7.61. The first-order chi connectivity index (χ1) is 4.73. The summed E-state index contributed by atoms with van der Waals surface area (Å²) in [6.07, 6.45) is 0. The van der Waals surface area contributed by atoms with Gasteiger partial charge in [0.15, 0.2) is 0 Å². The van der Waals surface area contributed by atoms with E-state index in [9.17, 15) is 0 Å². The van der Waals surface area contributed by atoms with Gasteiger partial charge in [-0.25, -0.2) is 0 Å². The Morgan fingerprint density at radius 3 is 3.00 bits per heavy atom. The molecule has 58 valence electrons. The average molecular weight is 180 g/mol. The van der Waals surface area contributed by atoms with Crippen molar-refractivity contribution in [2.75, 3.05) is 17.4 Å². The van der Waals surface area contributed by atoms with Crippen molar-refractivity contribution in [3.8, 4) is 0 Å². The van der Waals surface area contributed by atoms with E-state index in [1.807, 2.05) is 6.92 Å². The first-order valence-corrected chi connectivity index (χ1v) is 4.77. The largest absolute Gasteiger partial charge is 0.411 e. The van der Waals surface area contributed by atoms with Gasteiger partial charge in [0.1, 0.15) is 0 Å². The molecule has 0 amide bonds. The quantitative estimate of drug-likeness (QED) is 0.378. The number of oxime groups is 1. The molecule has 0 bridgehead atoms. The summed E-state index contributed by atoms with van der Waals surface area (Å²) < 4.78 is 0. The van der Waals surface area contributed by atoms with E-state index < -0.39 is 0 Å². The minimum Gasteiger partial charge on any atom is -0.411 e. The molecule has 0 radical (unpaired) electrons. The predicted molar refractivity (Wildman–Crippen MR) is 45.4 cm³/mol. The lowest BCUT2D eigenvalue weighted by molar-refractivity contribution is 0.312. The number of halogens is 1. The van der Waals surface area contributed by atoms with Crippen molar-refractivity contribution in [3.63, 3.8) is 0 Å². The van der Waals surface area contributed by atoms with Gasteiger partial charge in [0, 0.05) is 22.8 Å². The highest BCUT2D eigenvalue weighted by Gasteiger charge is 2.35. The number of alkyl halides is 1. The van der Waals surface area contributed by atoms with Crippen LogP contribution >= 0.6 is 23.4 Å². The van der Waals surface area contributed by atoms with Gasteiger partial charge in [0.05, 0.1) is 5.71 Å². The third-order valence-corrected chi connectivity index (χ3v) is 3.68. The Bertz CT molecular complexity index is 162. The lowest BCUT2D eigenvalue weighted by atomic mass is 9.91. The highest BCUT2D eigenvalue weighted by Crippen LogP contribution is 2.34. The van der Waals surface area contributed by atoms with E-state index >= 15 is 0 Å². The van der Waals surface area contributed by atoms with Crippen LogP contribution in [0.2, 0.25) is 0 Å². The lowest BCUT2D eigenvalue weighted by Crippen LogP contribution is -2.27. The molecule has 1 rings (SSSR count). The summed E-state index contributed by atoms with van der Waals surface area (Å²) in [4.78, 5) is 0. The van der Waals surface area contributed by atoms with Crippen LogP contribution in [0.1, 0.15) is 6.92 Å². The van der Waals surface area contributed by atoms with Crippen molar-refractivity contribution in [3.05, 3.63) is 0 Å². The number of thioether (sulfide) groups is 1. The molecule has 1 fully saturated rings. The normalized spacial score (nSPS) is 37.2. The van der Waals surface area contributed by atoms with Crippen LogP contribution in [-0.2, 0) is 0 Å². The summed E-state index contributed by atoms with van der Waals surface area (Å²) >= 11 is 7.48. The standard InChI is InChI=1S/C6H10ClNOS/c1-6(3-7)4-10-2-5(6)8-9/h9H,2-4H2,1H3. The van der Waals surface area contributed by atoms with E-state index in [4.69, 9.17) is 16.8 Å². The molecule has 0 aromatic heterocycles. The molecule has 10 heavy (non-hydrogen) atoms. The molecule has 1 saturated heterocycles. The molecule has 0 spiro atoms. The van der Waals surface area contributed by atoms with Gasteiger partial charge in [-0.3, -0.25) is 0 Å². The van der Waals surface area contributed by atoms with Crippen molar-refractivity contribution >= 4 is 29.1 Å². The van der Waals surface area contributed by atoms with Gasteiger partial charge in [-0.15, -0.1) is 11.6 Å². The summed E-state index contributed by atoms with van der Waals surface area (Å²) in [5, 5.41) is 11.8. The van der Waals surface area contributed by atoms with Crippen LogP contribution < -0.4 is 0 Å². The number of rotatable bonds is 1. The maximum atomic E-state index is 8.55. The Hall–Kier alpha value is 0.110. The van der Waals surface area contributed by atoms with Crippen LogP contribution in [0.15, 0.2) is 5.16 Å². The molecule has 1 atom stereocenters. The fourth-order valence-corrected chi connectivity index (χ4v) is 2.68. The van der Waals surface area contributed by atoms with Crippen LogP contribution in [0.25, 0.3) is 0 Å². The molecule has 1 aliphatic rings. The number of nitrogens with zero attached hydrogens (tertiary/aromatic N) is 1. The van der Waals surface area contributed by atoms with Crippen LogP contribution in [-0.4, -0.2) is 28.3 Å². The third-order valence-electron chi connectivity index (χ3n) is 1.77. The summed E-state index contributed by atoms with van der Waals surface area (Å²) in [5.41, 5.74) is 0.758. The van der Waals surface area contributed by atoms with E-state index in [0.29, 0.717) is 5.88 Å². The van der Waals surface area contributed by atoms with Gasteiger partial charge in [-0.1, -0.05) is 12.1 Å². The zero-order valence-corrected chi connectivity index (χ0v) is 7.37. The van der Waals surface area contributed by atoms with Crippen molar-refractivity contribution in [1.29, 1.82) is 0 Å². The lowest BCUT2D eigenvalue weighted by Gasteiger charge is -2.18. The van der Waals surface area contributed by atoms with Crippen LogP contribution in [0.3, 0.4) is 0 Å². The van der Waals surface area contributed by atoms with Gasteiger partial charge >= 0.3 is 0 Å². The minimum atomic E-state index is -0.0685. The monoisotopic (exact) mass is 179 g/mol. The van der Waals surface area contributed by atoms with Gasteiger partial charge in [0.2, 0.25) is 0 Å². The number of hydrogen-bond donors (Lipinski definition) is 1. The second-order valence-electron chi connectivity index (χ2n) is 2.73. The SMILES string of the molecule is CC1(CCl)CSCC1=NO. The third kappa shape index (κ3) is 1.25. The Balaban J connectivity index is 2.75. The van der Waals surface area contributed by atoms with Crippen molar-refractivity contribution in [2.24, 2.45) is 10.6 Å².